The summed E-state index contributed by atoms with van der Waals surface area (Å²) in [6, 6.07) is 0.182. The third-order valence-electron chi connectivity index (χ3n) is 3.32. The smallest absolute Gasteiger partial charge is 0.303 e. The monoisotopic (exact) mass is 280 g/mol. The number of nitrogens with two attached hydrogens (primary N) is 1. The second-order valence-corrected chi connectivity index (χ2v) is 4.95. The van der Waals surface area contributed by atoms with Crippen molar-refractivity contribution >= 4 is 17.7 Å². The minimum absolute atomic E-state index is 0.0456. The third-order valence-corrected chi connectivity index (χ3v) is 3.32. The van der Waals surface area contributed by atoms with Gasteiger partial charge in [0.1, 0.15) is 5.82 Å². The number of hydrogen-bond donors (Lipinski definition) is 3. The minimum Gasteiger partial charge on any atom is -0.481 e. The number of carboxylic acid groups (broad SMARTS) is 1. The maximum atomic E-state index is 10.7. The van der Waals surface area contributed by atoms with Crippen LogP contribution in [0, 0.1) is 6.92 Å². The minimum atomic E-state index is -0.840. The van der Waals surface area contributed by atoms with E-state index in [1.807, 2.05) is 6.92 Å². The molecule has 1 saturated heterocycles. The molecule has 7 heteroatoms. The Morgan fingerprint density at radius 2 is 2.35 bits per heavy atom. The lowest BCUT2D eigenvalue weighted by atomic mass is 10.1. The Hall–Kier alpha value is -1.89. The van der Waals surface area contributed by atoms with Gasteiger partial charge in [0.05, 0.1) is 12.6 Å². The summed E-state index contributed by atoms with van der Waals surface area (Å²) in [7, 11) is 0. The molecule has 0 bridgehead atoms. The van der Waals surface area contributed by atoms with Gasteiger partial charge in [-0.05, 0) is 26.2 Å². The quantitative estimate of drug-likeness (QED) is 0.737. The van der Waals surface area contributed by atoms with E-state index in [1.165, 1.54) is 0 Å². The van der Waals surface area contributed by atoms with Crippen molar-refractivity contribution in [3.63, 3.8) is 0 Å². The lowest BCUT2D eigenvalue weighted by molar-refractivity contribution is -0.136. The van der Waals surface area contributed by atoms with Crippen molar-refractivity contribution in [2.24, 2.45) is 0 Å². The summed E-state index contributed by atoms with van der Waals surface area (Å²) < 4.78 is 5.42. The second-order valence-electron chi connectivity index (χ2n) is 4.95. The van der Waals surface area contributed by atoms with Crippen molar-refractivity contribution in [2.75, 3.05) is 24.3 Å². The number of aryl methyl sites for hydroxylation is 1. The van der Waals surface area contributed by atoms with E-state index >= 15 is 0 Å². The van der Waals surface area contributed by atoms with Crippen LogP contribution in [0.2, 0.25) is 0 Å². The summed E-state index contributed by atoms with van der Waals surface area (Å²) in [6.07, 6.45) is 2.43. The zero-order valence-electron chi connectivity index (χ0n) is 11.6. The number of carbonyl (C=O) groups is 1. The molecule has 0 spiro atoms. The first kappa shape index (κ1) is 14.5. The van der Waals surface area contributed by atoms with Crippen molar-refractivity contribution in [2.45, 2.75) is 38.6 Å². The van der Waals surface area contributed by atoms with E-state index in [-0.39, 0.29) is 18.4 Å². The molecule has 110 valence electrons. The largest absolute Gasteiger partial charge is 0.481 e. The predicted molar refractivity (Wildman–Crippen MR) is 74.6 cm³/mol. The van der Waals surface area contributed by atoms with Crippen molar-refractivity contribution in [3.8, 4) is 0 Å². The van der Waals surface area contributed by atoms with Gasteiger partial charge in [0, 0.05) is 24.3 Å². The van der Waals surface area contributed by atoms with E-state index in [0.717, 1.165) is 30.7 Å². The Labute approximate surface area is 117 Å². The molecular formula is C13H20N4O3. The Morgan fingerprint density at radius 1 is 1.55 bits per heavy atom. The number of aromatic nitrogens is 2. The molecule has 0 radical (unpaired) electrons. The summed E-state index contributed by atoms with van der Waals surface area (Å²) >= 11 is 0. The number of hydrogen-bond acceptors (Lipinski definition) is 6. The highest BCUT2D eigenvalue weighted by Gasteiger charge is 2.18. The molecule has 4 N–H and O–H groups in total. The van der Waals surface area contributed by atoms with Crippen LogP contribution < -0.4 is 11.1 Å². The van der Waals surface area contributed by atoms with Crippen LogP contribution in [0.3, 0.4) is 0 Å². The van der Waals surface area contributed by atoms with Crippen molar-refractivity contribution < 1.29 is 14.6 Å². The number of ether oxygens (including phenoxy) is 1. The van der Waals surface area contributed by atoms with Crippen molar-refractivity contribution in [3.05, 3.63) is 11.3 Å². The summed E-state index contributed by atoms with van der Waals surface area (Å²) in [5, 5.41) is 12.1. The maximum absolute atomic E-state index is 10.7. The zero-order valence-corrected chi connectivity index (χ0v) is 11.6. The highest BCUT2D eigenvalue weighted by Crippen LogP contribution is 2.21. The summed E-state index contributed by atoms with van der Waals surface area (Å²) in [4.78, 5) is 19.1. The molecule has 1 aromatic rings. The Balaban J connectivity index is 2.17. The van der Waals surface area contributed by atoms with Gasteiger partial charge >= 0.3 is 5.97 Å². The van der Waals surface area contributed by atoms with Crippen LogP contribution in [0.4, 0.5) is 11.8 Å². The highest BCUT2D eigenvalue weighted by atomic mass is 16.5. The standard InChI is InChI=1S/C13H20N4O3/c1-8-10(4-5-11(18)19)12(17-13(14)15-8)16-9-3-2-6-20-7-9/h9H,2-7H2,1H3,(H,18,19)(H3,14,15,16,17). The zero-order chi connectivity index (χ0) is 14.5. The highest BCUT2D eigenvalue weighted by molar-refractivity contribution is 5.67. The molecule has 0 amide bonds. The number of rotatable bonds is 5. The van der Waals surface area contributed by atoms with E-state index in [9.17, 15) is 4.79 Å². The molecule has 1 fully saturated rings. The van der Waals surface area contributed by atoms with Crippen LogP contribution in [-0.4, -0.2) is 40.3 Å². The lowest BCUT2D eigenvalue weighted by Gasteiger charge is -2.25. The van der Waals surface area contributed by atoms with Crippen LogP contribution >= 0.6 is 0 Å². The first-order valence-electron chi connectivity index (χ1n) is 6.75. The van der Waals surface area contributed by atoms with Gasteiger partial charge < -0.3 is 20.9 Å². The van der Waals surface area contributed by atoms with Crippen LogP contribution in [0.5, 0.6) is 0 Å². The summed E-state index contributed by atoms with van der Waals surface area (Å²) in [5.41, 5.74) is 7.21. The van der Waals surface area contributed by atoms with Crippen LogP contribution in [0.1, 0.15) is 30.5 Å². The fraction of sp³-hybridized carbons (Fsp3) is 0.615. The van der Waals surface area contributed by atoms with Crippen molar-refractivity contribution in [1.82, 2.24) is 9.97 Å². The number of carboxylic acids is 1. The lowest BCUT2D eigenvalue weighted by Crippen LogP contribution is -2.31. The van der Waals surface area contributed by atoms with Gasteiger partial charge in [0.2, 0.25) is 5.95 Å². The fourth-order valence-electron chi connectivity index (χ4n) is 2.32. The summed E-state index contributed by atoms with van der Waals surface area (Å²) in [6.45, 7) is 3.23. The molecule has 1 atom stereocenters. The van der Waals surface area contributed by atoms with E-state index in [2.05, 4.69) is 15.3 Å². The maximum Gasteiger partial charge on any atom is 0.303 e. The van der Waals surface area contributed by atoms with Crippen LogP contribution in [0.25, 0.3) is 0 Å². The Bertz CT molecular complexity index is 487. The number of anilines is 2. The van der Waals surface area contributed by atoms with Gasteiger partial charge in [-0.2, -0.15) is 4.98 Å². The van der Waals surface area contributed by atoms with Crippen molar-refractivity contribution in [1.29, 1.82) is 0 Å². The topological polar surface area (TPSA) is 110 Å². The molecule has 1 aliphatic rings. The summed E-state index contributed by atoms with van der Waals surface area (Å²) in [5.74, 6) is -0.0132. The van der Waals surface area contributed by atoms with Gasteiger partial charge in [-0.3, -0.25) is 4.79 Å². The molecule has 1 aliphatic heterocycles. The van der Waals surface area contributed by atoms with Gasteiger partial charge in [0.15, 0.2) is 0 Å². The SMILES string of the molecule is Cc1nc(N)nc(NC2CCCOC2)c1CCC(=O)O. The first-order valence-corrected chi connectivity index (χ1v) is 6.75. The van der Waals surface area contributed by atoms with Gasteiger partial charge in [-0.25, -0.2) is 4.98 Å². The fourth-order valence-corrected chi connectivity index (χ4v) is 2.32. The number of nitrogens with one attached hydrogen (secondary N) is 1. The first-order chi connectivity index (χ1) is 9.56. The predicted octanol–water partition coefficient (Wildman–Crippen LogP) is 0.975. The third kappa shape index (κ3) is 3.80. The van der Waals surface area contributed by atoms with Gasteiger partial charge in [-0.1, -0.05) is 0 Å². The van der Waals surface area contributed by atoms with Crippen LogP contribution in [-0.2, 0) is 16.0 Å². The Morgan fingerprint density at radius 3 is 3.00 bits per heavy atom. The van der Waals surface area contributed by atoms with E-state index in [1.54, 1.807) is 0 Å². The average molecular weight is 280 g/mol. The molecular weight excluding hydrogens is 260 g/mol. The molecule has 0 aromatic carbocycles. The molecule has 0 saturated carbocycles. The molecule has 1 unspecified atom stereocenters. The molecule has 7 nitrogen and oxygen atoms in total. The number of nitrogens with zero attached hydrogens (tertiary/aromatic N) is 2. The number of nitrogen functional groups attached to an aromatic ring is 1. The van der Waals surface area contributed by atoms with Gasteiger partial charge in [-0.15, -0.1) is 0 Å². The van der Waals surface area contributed by atoms with E-state index < -0.39 is 5.97 Å². The van der Waals surface area contributed by atoms with Crippen LogP contribution in [0.15, 0.2) is 0 Å². The average Bonchev–Trinajstić information content (AvgIpc) is 2.38. The molecule has 20 heavy (non-hydrogen) atoms. The number of aliphatic carboxylic acids is 1. The van der Waals surface area contributed by atoms with E-state index in [4.69, 9.17) is 15.6 Å². The van der Waals surface area contributed by atoms with E-state index in [0.29, 0.717) is 18.8 Å². The molecule has 0 aliphatic carbocycles. The molecule has 2 rings (SSSR count). The molecule has 1 aromatic heterocycles. The normalized spacial score (nSPS) is 18.8. The second kappa shape index (κ2) is 6.51. The van der Waals surface area contributed by atoms with Gasteiger partial charge in [0.25, 0.3) is 0 Å². The molecule has 2 heterocycles. The Kier molecular flexibility index (Phi) is 4.73.